The summed E-state index contributed by atoms with van der Waals surface area (Å²) in [6, 6.07) is 1.85. The molecule has 1 unspecified atom stereocenters. The average Bonchev–Trinajstić information content (AvgIpc) is 2.23. The lowest BCUT2D eigenvalue weighted by molar-refractivity contribution is 0.0441. The SMILES string of the molecule is C=CCCC(C)(O)c1ccc(F)c(F)c1F. The monoisotopic (exact) mass is 230 g/mol. The maximum absolute atomic E-state index is 13.4. The van der Waals surface area contributed by atoms with Crippen molar-refractivity contribution in [3.8, 4) is 0 Å². The minimum atomic E-state index is -1.56. The summed E-state index contributed by atoms with van der Waals surface area (Å²) in [7, 11) is 0. The topological polar surface area (TPSA) is 20.2 Å². The third-order valence-electron chi connectivity index (χ3n) is 2.45. The third kappa shape index (κ3) is 2.44. The van der Waals surface area contributed by atoms with E-state index in [4.69, 9.17) is 0 Å². The molecule has 0 saturated heterocycles. The molecule has 88 valence electrons. The smallest absolute Gasteiger partial charge is 0.194 e. The molecule has 0 aliphatic rings. The van der Waals surface area contributed by atoms with Crippen LogP contribution in [0.5, 0.6) is 0 Å². The van der Waals surface area contributed by atoms with Crippen molar-refractivity contribution in [3.63, 3.8) is 0 Å². The van der Waals surface area contributed by atoms with E-state index in [1.54, 1.807) is 6.08 Å². The Kier molecular flexibility index (Phi) is 3.75. The van der Waals surface area contributed by atoms with Crippen LogP contribution in [0.4, 0.5) is 13.2 Å². The Morgan fingerprint density at radius 1 is 1.31 bits per heavy atom. The van der Waals surface area contributed by atoms with Crippen LogP contribution in [-0.4, -0.2) is 5.11 Å². The highest BCUT2D eigenvalue weighted by Crippen LogP contribution is 2.30. The quantitative estimate of drug-likeness (QED) is 0.621. The zero-order valence-corrected chi connectivity index (χ0v) is 8.93. The second-order valence-corrected chi connectivity index (χ2v) is 3.82. The molecule has 1 atom stereocenters. The molecule has 0 aliphatic carbocycles. The summed E-state index contributed by atoms with van der Waals surface area (Å²) in [4.78, 5) is 0. The Bertz CT molecular complexity index is 399. The molecule has 0 aromatic heterocycles. The Morgan fingerprint density at radius 2 is 1.94 bits per heavy atom. The van der Waals surface area contributed by atoms with Gasteiger partial charge in [-0.15, -0.1) is 6.58 Å². The van der Waals surface area contributed by atoms with Crippen LogP contribution in [0.25, 0.3) is 0 Å². The van der Waals surface area contributed by atoms with E-state index in [0.29, 0.717) is 6.42 Å². The second kappa shape index (κ2) is 4.70. The molecule has 1 aromatic rings. The zero-order valence-electron chi connectivity index (χ0n) is 8.93. The van der Waals surface area contributed by atoms with Crippen LogP contribution >= 0.6 is 0 Å². The molecule has 4 heteroatoms. The molecule has 1 rings (SSSR count). The number of hydrogen-bond donors (Lipinski definition) is 1. The van der Waals surface area contributed by atoms with E-state index in [1.165, 1.54) is 6.92 Å². The third-order valence-corrected chi connectivity index (χ3v) is 2.45. The first kappa shape index (κ1) is 12.8. The van der Waals surface area contributed by atoms with E-state index < -0.39 is 23.1 Å². The highest BCUT2D eigenvalue weighted by molar-refractivity contribution is 5.25. The lowest BCUT2D eigenvalue weighted by Gasteiger charge is -2.23. The molecule has 0 amide bonds. The molecule has 0 heterocycles. The fourth-order valence-corrected chi connectivity index (χ4v) is 1.46. The highest BCUT2D eigenvalue weighted by atomic mass is 19.2. The minimum Gasteiger partial charge on any atom is -0.385 e. The van der Waals surface area contributed by atoms with Crippen LogP contribution in [0, 0.1) is 17.5 Å². The number of rotatable bonds is 4. The van der Waals surface area contributed by atoms with Crippen molar-refractivity contribution in [2.45, 2.75) is 25.4 Å². The summed E-state index contributed by atoms with van der Waals surface area (Å²) in [6.07, 6.45) is 2.20. The number of hydrogen-bond acceptors (Lipinski definition) is 1. The molecule has 0 fully saturated rings. The Balaban J connectivity index is 3.12. The molecule has 16 heavy (non-hydrogen) atoms. The van der Waals surface area contributed by atoms with E-state index in [-0.39, 0.29) is 12.0 Å². The standard InChI is InChI=1S/C12H13F3O/c1-3-4-7-12(2,16)8-5-6-9(13)11(15)10(8)14/h3,5-6,16H,1,4,7H2,2H3. The normalized spacial score (nSPS) is 14.6. The molecule has 1 aromatic carbocycles. The summed E-state index contributed by atoms with van der Waals surface area (Å²) in [6.45, 7) is 4.83. The van der Waals surface area contributed by atoms with Gasteiger partial charge in [-0.3, -0.25) is 0 Å². The van der Waals surface area contributed by atoms with Gasteiger partial charge in [0.05, 0.1) is 5.60 Å². The van der Waals surface area contributed by atoms with E-state index in [0.717, 1.165) is 12.1 Å². The van der Waals surface area contributed by atoms with Gasteiger partial charge in [-0.2, -0.15) is 0 Å². The van der Waals surface area contributed by atoms with Crippen molar-refractivity contribution in [2.75, 3.05) is 0 Å². The van der Waals surface area contributed by atoms with Crippen molar-refractivity contribution in [1.82, 2.24) is 0 Å². The van der Waals surface area contributed by atoms with Gasteiger partial charge in [-0.1, -0.05) is 12.1 Å². The molecular formula is C12H13F3O. The van der Waals surface area contributed by atoms with Crippen LogP contribution < -0.4 is 0 Å². The average molecular weight is 230 g/mol. The molecule has 0 aliphatic heterocycles. The predicted octanol–water partition coefficient (Wildman–Crippen LogP) is 3.28. The largest absolute Gasteiger partial charge is 0.385 e. The van der Waals surface area contributed by atoms with Crippen molar-refractivity contribution < 1.29 is 18.3 Å². The van der Waals surface area contributed by atoms with Gasteiger partial charge in [0.25, 0.3) is 0 Å². The van der Waals surface area contributed by atoms with Gasteiger partial charge in [0.1, 0.15) is 0 Å². The van der Waals surface area contributed by atoms with E-state index in [9.17, 15) is 18.3 Å². The van der Waals surface area contributed by atoms with Gasteiger partial charge in [0.15, 0.2) is 17.5 Å². The minimum absolute atomic E-state index is 0.193. The van der Waals surface area contributed by atoms with Gasteiger partial charge >= 0.3 is 0 Å². The highest BCUT2D eigenvalue weighted by Gasteiger charge is 2.28. The number of benzene rings is 1. The maximum atomic E-state index is 13.4. The van der Waals surface area contributed by atoms with Gasteiger partial charge in [0, 0.05) is 5.56 Å². The molecule has 0 radical (unpaired) electrons. The maximum Gasteiger partial charge on any atom is 0.194 e. The van der Waals surface area contributed by atoms with Crippen molar-refractivity contribution in [3.05, 3.63) is 47.8 Å². The van der Waals surface area contributed by atoms with Crippen LogP contribution in [0.1, 0.15) is 25.3 Å². The summed E-state index contributed by atoms with van der Waals surface area (Å²) in [5.74, 6) is -4.16. The van der Waals surface area contributed by atoms with Crippen molar-refractivity contribution >= 4 is 0 Å². The summed E-state index contributed by atoms with van der Waals surface area (Å²) >= 11 is 0. The Morgan fingerprint density at radius 3 is 2.50 bits per heavy atom. The van der Waals surface area contributed by atoms with Gasteiger partial charge in [0.2, 0.25) is 0 Å². The van der Waals surface area contributed by atoms with Crippen LogP contribution in [0.15, 0.2) is 24.8 Å². The Hall–Kier alpha value is -1.29. The van der Waals surface area contributed by atoms with E-state index in [2.05, 4.69) is 6.58 Å². The molecule has 1 N–H and O–H groups in total. The summed E-state index contributed by atoms with van der Waals surface area (Å²) in [5, 5.41) is 9.94. The summed E-state index contributed by atoms with van der Waals surface area (Å²) < 4.78 is 39.0. The molecular weight excluding hydrogens is 217 g/mol. The fraction of sp³-hybridized carbons (Fsp3) is 0.333. The van der Waals surface area contributed by atoms with Crippen molar-refractivity contribution in [1.29, 1.82) is 0 Å². The second-order valence-electron chi connectivity index (χ2n) is 3.82. The number of halogens is 3. The molecule has 0 spiro atoms. The van der Waals surface area contributed by atoms with Gasteiger partial charge < -0.3 is 5.11 Å². The van der Waals surface area contributed by atoms with Gasteiger partial charge in [-0.05, 0) is 25.8 Å². The number of aliphatic hydroxyl groups is 1. The molecule has 0 bridgehead atoms. The molecule has 1 nitrogen and oxygen atoms in total. The van der Waals surface area contributed by atoms with Crippen LogP contribution in [0.2, 0.25) is 0 Å². The summed E-state index contributed by atoms with van der Waals surface area (Å²) in [5.41, 5.74) is -1.78. The van der Waals surface area contributed by atoms with Gasteiger partial charge in [-0.25, -0.2) is 13.2 Å². The van der Waals surface area contributed by atoms with E-state index >= 15 is 0 Å². The first-order chi connectivity index (χ1) is 7.40. The van der Waals surface area contributed by atoms with E-state index in [1.807, 2.05) is 0 Å². The van der Waals surface area contributed by atoms with Crippen LogP contribution in [-0.2, 0) is 5.60 Å². The van der Waals surface area contributed by atoms with Crippen molar-refractivity contribution in [2.24, 2.45) is 0 Å². The Labute approximate surface area is 92.2 Å². The fourth-order valence-electron chi connectivity index (χ4n) is 1.46. The predicted molar refractivity (Wildman–Crippen MR) is 55.3 cm³/mol. The number of allylic oxidation sites excluding steroid dienone is 1. The molecule has 0 saturated carbocycles. The first-order valence-electron chi connectivity index (χ1n) is 4.87. The first-order valence-corrected chi connectivity index (χ1v) is 4.87. The van der Waals surface area contributed by atoms with Crippen LogP contribution in [0.3, 0.4) is 0 Å². The lowest BCUT2D eigenvalue weighted by Crippen LogP contribution is -2.23. The zero-order chi connectivity index (χ0) is 12.3. The lowest BCUT2D eigenvalue weighted by atomic mass is 9.90.